The van der Waals surface area contributed by atoms with Crippen molar-refractivity contribution in [3.05, 3.63) is 75.8 Å². The van der Waals surface area contributed by atoms with Gasteiger partial charge in [-0.3, -0.25) is 4.79 Å². The third kappa shape index (κ3) is 4.19. The van der Waals surface area contributed by atoms with Crippen LogP contribution in [0.3, 0.4) is 0 Å². The zero-order valence-electron chi connectivity index (χ0n) is 15.9. The van der Waals surface area contributed by atoms with Crippen LogP contribution in [-0.4, -0.2) is 15.1 Å². The van der Waals surface area contributed by atoms with Crippen LogP contribution in [-0.2, 0) is 18.3 Å². The highest BCUT2D eigenvalue weighted by atomic mass is 16.3. The van der Waals surface area contributed by atoms with Crippen molar-refractivity contribution in [1.82, 2.24) is 9.97 Å². The van der Waals surface area contributed by atoms with Gasteiger partial charge in [-0.1, -0.05) is 32.9 Å². The van der Waals surface area contributed by atoms with Crippen molar-refractivity contribution >= 4 is 5.69 Å². The zero-order valence-corrected chi connectivity index (χ0v) is 15.9. The lowest BCUT2D eigenvalue weighted by atomic mass is 9.89. The number of aromatic amines is 1. The summed E-state index contributed by atoms with van der Waals surface area (Å²) in [7, 11) is 0. The Labute approximate surface area is 158 Å². The minimum Gasteiger partial charge on any atom is -0.505 e. The van der Waals surface area contributed by atoms with Gasteiger partial charge in [0.2, 0.25) is 0 Å². The van der Waals surface area contributed by atoms with Gasteiger partial charge in [-0.15, -0.1) is 0 Å². The number of aromatic hydroxyl groups is 1. The van der Waals surface area contributed by atoms with Crippen LogP contribution in [0.2, 0.25) is 0 Å². The van der Waals surface area contributed by atoms with Gasteiger partial charge >= 0.3 is 0 Å². The van der Waals surface area contributed by atoms with Crippen LogP contribution >= 0.6 is 0 Å². The Morgan fingerprint density at radius 2 is 1.81 bits per heavy atom. The van der Waals surface area contributed by atoms with E-state index in [1.807, 2.05) is 30.3 Å². The van der Waals surface area contributed by atoms with E-state index >= 15 is 0 Å². The highest BCUT2D eigenvalue weighted by Gasteiger charge is 2.22. The molecule has 3 rings (SSSR count). The lowest BCUT2D eigenvalue weighted by Gasteiger charge is -2.21. The first kappa shape index (κ1) is 18.7. The maximum atomic E-state index is 12.2. The Bertz CT molecular complexity index is 999. The number of nitrogen functional groups attached to an aromatic ring is 1. The quantitative estimate of drug-likeness (QED) is 0.615. The molecule has 0 saturated carbocycles. The standard InChI is InChI=1S/C22H25N3O2/c1-22(2,3)18-13-15(9-6-14-7-10-16(23)11-8-14)20(26)19(25-18)17-5-4-12-24-21(17)27/h4-5,7-8,10-13,26H,6,9,23H2,1-3H3,(H,24,27). The molecule has 5 heteroatoms. The predicted octanol–water partition coefficient (Wildman–Crippen LogP) is 3.81. The molecule has 27 heavy (non-hydrogen) atoms. The SMILES string of the molecule is CC(C)(C)c1cc(CCc2ccc(N)cc2)c(O)c(-c2ccc[nH]c2=O)n1. The topological polar surface area (TPSA) is 92.0 Å². The van der Waals surface area contributed by atoms with Crippen LogP contribution in [0.4, 0.5) is 5.69 Å². The van der Waals surface area contributed by atoms with Gasteiger partial charge in [-0.25, -0.2) is 4.98 Å². The fraction of sp³-hybridized carbons (Fsp3) is 0.273. The first-order valence-electron chi connectivity index (χ1n) is 9.01. The minimum atomic E-state index is -0.268. The van der Waals surface area contributed by atoms with E-state index in [0.717, 1.165) is 28.9 Å². The summed E-state index contributed by atoms with van der Waals surface area (Å²) in [4.78, 5) is 19.5. The Balaban J connectivity index is 2.04. The minimum absolute atomic E-state index is 0.0649. The lowest BCUT2D eigenvalue weighted by Crippen LogP contribution is -2.16. The van der Waals surface area contributed by atoms with Gasteiger partial charge in [0.1, 0.15) is 11.4 Å². The molecule has 0 aliphatic heterocycles. The number of aryl methyl sites for hydroxylation is 2. The summed E-state index contributed by atoms with van der Waals surface area (Å²) in [5.41, 5.74) is 9.45. The van der Waals surface area contributed by atoms with Gasteiger partial charge in [0.25, 0.3) is 5.56 Å². The Morgan fingerprint density at radius 1 is 1.11 bits per heavy atom. The van der Waals surface area contributed by atoms with Crippen molar-refractivity contribution in [3.63, 3.8) is 0 Å². The van der Waals surface area contributed by atoms with Gasteiger partial charge in [-0.2, -0.15) is 0 Å². The van der Waals surface area contributed by atoms with Crippen LogP contribution in [0.25, 0.3) is 11.3 Å². The van der Waals surface area contributed by atoms with E-state index in [1.54, 1.807) is 18.3 Å². The number of rotatable bonds is 4. The first-order valence-corrected chi connectivity index (χ1v) is 9.01. The molecule has 0 unspecified atom stereocenters. The molecule has 140 valence electrons. The average molecular weight is 363 g/mol. The summed E-state index contributed by atoms with van der Waals surface area (Å²) in [5.74, 6) is 0.0649. The maximum absolute atomic E-state index is 12.2. The molecule has 2 heterocycles. The Morgan fingerprint density at radius 3 is 2.44 bits per heavy atom. The number of H-pyrrole nitrogens is 1. The van der Waals surface area contributed by atoms with Gasteiger partial charge < -0.3 is 15.8 Å². The highest BCUT2D eigenvalue weighted by molar-refractivity contribution is 5.67. The maximum Gasteiger partial charge on any atom is 0.257 e. The lowest BCUT2D eigenvalue weighted by molar-refractivity contribution is 0.464. The molecule has 1 aromatic carbocycles. The number of anilines is 1. The van der Waals surface area contributed by atoms with E-state index in [-0.39, 0.29) is 16.7 Å². The fourth-order valence-electron chi connectivity index (χ4n) is 2.93. The van der Waals surface area contributed by atoms with Crippen LogP contribution in [0, 0.1) is 0 Å². The summed E-state index contributed by atoms with van der Waals surface area (Å²) in [6.07, 6.45) is 2.96. The number of nitrogens with zero attached hydrogens (tertiary/aromatic N) is 1. The second-order valence-electron chi connectivity index (χ2n) is 7.77. The molecule has 3 aromatic rings. The molecule has 0 radical (unpaired) electrons. The Hall–Kier alpha value is -3.08. The Kier molecular flexibility index (Phi) is 5.04. The van der Waals surface area contributed by atoms with Crippen molar-refractivity contribution in [2.75, 3.05) is 5.73 Å². The van der Waals surface area contributed by atoms with E-state index in [0.29, 0.717) is 17.7 Å². The third-order valence-electron chi connectivity index (χ3n) is 4.58. The largest absolute Gasteiger partial charge is 0.505 e. The number of aromatic nitrogens is 2. The molecule has 0 bridgehead atoms. The summed E-state index contributed by atoms with van der Waals surface area (Å²) >= 11 is 0. The molecule has 5 nitrogen and oxygen atoms in total. The van der Waals surface area contributed by atoms with Crippen LogP contribution < -0.4 is 11.3 Å². The normalized spacial score (nSPS) is 11.5. The van der Waals surface area contributed by atoms with Crippen molar-refractivity contribution in [2.24, 2.45) is 0 Å². The van der Waals surface area contributed by atoms with E-state index < -0.39 is 0 Å². The number of hydrogen-bond acceptors (Lipinski definition) is 4. The van der Waals surface area contributed by atoms with Crippen molar-refractivity contribution in [3.8, 4) is 17.0 Å². The molecule has 0 spiro atoms. The van der Waals surface area contributed by atoms with Gasteiger partial charge in [0, 0.05) is 23.0 Å². The number of pyridine rings is 2. The fourth-order valence-corrected chi connectivity index (χ4v) is 2.93. The number of nitrogens with two attached hydrogens (primary N) is 1. The third-order valence-corrected chi connectivity index (χ3v) is 4.58. The second-order valence-corrected chi connectivity index (χ2v) is 7.77. The number of hydrogen-bond donors (Lipinski definition) is 3. The van der Waals surface area contributed by atoms with Crippen LogP contribution in [0.5, 0.6) is 5.75 Å². The van der Waals surface area contributed by atoms with Crippen LogP contribution in [0.15, 0.2) is 53.5 Å². The summed E-state index contributed by atoms with van der Waals surface area (Å²) in [6.45, 7) is 6.19. The summed E-state index contributed by atoms with van der Waals surface area (Å²) in [5, 5.41) is 10.8. The average Bonchev–Trinajstić information content (AvgIpc) is 2.62. The zero-order chi connectivity index (χ0) is 19.6. The molecular weight excluding hydrogens is 338 g/mol. The molecule has 0 aliphatic rings. The molecular formula is C22H25N3O2. The van der Waals surface area contributed by atoms with Crippen molar-refractivity contribution in [2.45, 2.75) is 39.0 Å². The van der Waals surface area contributed by atoms with E-state index in [4.69, 9.17) is 5.73 Å². The molecule has 4 N–H and O–H groups in total. The molecule has 0 atom stereocenters. The molecule has 0 saturated heterocycles. The van der Waals surface area contributed by atoms with Gasteiger partial charge in [0.15, 0.2) is 0 Å². The number of benzene rings is 1. The predicted molar refractivity (Wildman–Crippen MR) is 109 cm³/mol. The summed E-state index contributed by atoms with van der Waals surface area (Å²) in [6, 6.07) is 13.1. The van der Waals surface area contributed by atoms with Gasteiger partial charge in [-0.05, 0) is 54.3 Å². The first-order chi connectivity index (χ1) is 12.8. The summed E-state index contributed by atoms with van der Waals surface area (Å²) < 4.78 is 0. The monoisotopic (exact) mass is 363 g/mol. The molecule has 2 aromatic heterocycles. The number of nitrogens with one attached hydrogen (secondary N) is 1. The van der Waals surface area contributed by atoms with Gasteiger partial charge in [0.05, 0.1) is 5.56 Å². The smallest absolute Gasteiger partial charge is 0.257 e. The second kappa shape index (κ2) is 7.27. The van der Waals surface area contributed by atoms with E-state index in [9.17, 15) is 9.90 Å². The molecule has 0 amide bonds. The van der Waals surface area contributed by atoms with Crippen LogP contribution in [0.1, 0.15) is 37.6 Å². The highest BCUT2D eigenvalue weighted by Crippen LogP contribution is 2.33. The molecule has 0 fully saturated rings. The van der Waals surface area contributed by atoms with Crippen molar-refractivity contribution in [1.29, 1.82) is 0 Å². The molecule has 0 aliphatic carbocycles. The van der Waals surface area contributed by atoms with E-state index in [2.05, 4.69) is 30.7 Å². The van der Waals surface area contributed by atoms with Crippen molar-refractivity contribution < 1.29 is 5.11 Å². The van der Waals surface area contributed by atoms with E-state index in [1.165, 1.54) is 0 Å².